The first kappa shape index (κ1) is 15.7. The van der Waals surface area contributed by atoms with Crippen LogP contribution >= 0.6 is 11.6 Å². The third-order valence-corrected chi connectivity index (χ3v) is 5.61. The van der Waals surface area contributed by atoms with Crippen molar-refractivity contribution in [2.45, 2.75) is 49.6 Å². The van der Waals surface area contributed by atoms with Crippen molar-refractivity contribution in [3.8, 4) is 6.07 Å². The number of nitrogens with zero attached hydrogens (tertiary/aromatic N) is 3. The zero-order valence-electron chi connectivity index (χ0n) is 13.1. The number of likely N-dealkylation sites (N-methyl/N-ethyl adjacent to an activating group) is 1. The summed E-state index contributed by atoms with van der Waals surface area (Å²) in [5.74, 6) is 0. The smallest absolute Gasteiger partial charge is 0.0994 e. The average molecular weight is 319 g/mol. The SMILES string of the molecule is CNC1CCN(C2CCC(C#N)(c3ccc(Cl)cn3)CC2)C1. The molecule has 0 bridgehead atoms. The first-order valence-electron chi connectivity index (χ1n) is 8.11. The molecule has 1 saturated heterocycles. The van der Waals surface area contributed by atoms with E-state index in [0.717, 1.165) is 37.9 Å². The molecule has 4 nitrogen and oxygen atoms in total. The van der Waals surface area contributed by atoms with Gasteiger partial charge in [0, 0.05) is 31.4 Å². The highest BCUT2D eigenvalue weighted by Crippen LogP contribution is 2.40. The minimum absolute atomic E-state index is 0.427. The second-order valence-electron chi connectivity index (χ2n) is 6.56. The number of pyridine rings is 1. The van der Waals surface area contributed by atoms with Crippen molar-refractivity contribution in [3.05, 3.63) is 29.0 Å². The number of hydrogen-bond donors (Lipinski definition) is 1. The highest BCUT2D eigenvalue weighted by atomic mass is 35.5. The molecule has 1 N–H and O–H groups in total. The van der Waals surface area contributed by atoms with Crippen LogP contribution in [-0.4, -0.2) is 42.1 Å². The molecule has 0 spiro atoms. The maximum absolute atomic E-state index is 9.75. The highest BCUT2D eigenvalue weighted by Gasteiger charge is 2.40. The van der Waals surface area contributed by atoms with Gasteiger partial charge in [0.25, 0.3) is 0 Å². The van der Waals surface area contributed by atoms with E-state index >= 15 is 0 Å². The summed E-state index contributed by atoms with van der Waals surface area (Å²) in [6.07, 6.45) is 6.82. The summed E-state index contributed by atoms with van der Waals surface area (Å²) in [5.41, 5.74) is 0.454. The van der Waals surface area contributed by atoms with E-state index in [1.807, 2.05) is 19.2 Å². The molecule has 0 radical (unpaired) electrons. The first-order chi connectivity index (χ1) is 10.7. The lowest BCUT2D eigenvalue weighted by Gasteiger charge is -2.38. The van der Waals surface area contributed by atoms with Gasteiger partial charge in [-0.05, 0) is 51.3 Å². The number of aromatic nitrogens is 1. The van der Waals surface area contributed by atoms with Crippen molar-refractivity contribution in [3.63, 3.8) is 0 Å². The molecule has 1 aliphatic carbocycles. The van der Waals surface area contributed by atoms with Crippen LogP contribution in [0.1, 0.15) is 37.8 Å². The molecule has 1 atom stereocenters. The summed E-state index contributed by atoms with van der Waals surface area (Å²) >= 11 is 5.92. The number of hydrogen-bond acceptors (Lipinski definition) is 4. The summed E-state index contributed by atoms with van der Waals surface area (Å²) in [6.45, 7) is 2.31. The Balaban J connectivity index is 1.67. The van der Waals surface area contributed by atoms with Gasteiger partial charge in [-0.3, -0.25) is 9.88 Å². The fourth-order valence-electron chi connectivity index (χ4n) is 3.90. The molecule has 1 aromatic rings. The monoisotopic (exact) mass is 318 g/mol. The molecule has 5 heteroatoms. The minimum Gasteiger partial charge on any atom is -0.316 e. The summed E-state index contributed by atoms with van der Waals surface area (Å²) in [4.78, 5) is 7.01. The van der Waals surface area contributed by atoms with Crippen LogP contribution in [0.3, 0.4) is 0 Å². The first-order valence-corrected chi connectivity index (χ1v) is 8.49. The third kappa shape index (κ3) is 2.99. The number of likely N-dealkylation sites (tertiary alicyclic amines) is 1. The van der Waals surface area contributed by atoms with E-state index in [2.05, 4.69) is 21.3 Å². The molecule has 2 heterocycles. The van der Waals surface area contributed by atoms with Crippen LogP contribution in [0, 0.1) is 11.3 Å². The molecule has 3 rings (SSSR count). The number of nitriles is 1. The molecule has 118 valence electrons. The van der Waals surface area contributed by atoms with Crippen LogP contribution < -0.4 is 5.32 Å². The molecule has 0 aromatic carbocycles. The zero-order valence-corrected chi connectivity index (χ0v) is 13.8. The van der Waals surface area contributed by atoms with E-state index in [1.165, 1.54) is 13.0 Å². The van der Waals surface area contributed by atoms with Crippen LogP contribution in [0.15, 0.2) is 18.3 Å². The van der Waals surface area contributed by atoms with Gasteiger partial charge in [0.15, 0.2) is 0 Å². The maximum atomic E-state index is 9.75. The molecular formula is C17H23ClN4. The van der Waals surface area contributed by atoms with Crippen LogP contribution in [0.2, 0.25) is 5.02 Å². The van der Waals surface area contributed by atoms with E-state index < -0.39 is 5.41 Å². The van der Waals surface area contributed by atoms with E-state index in [9.17, 15) is 5.26 Å². The lowest BCUT2D eigenvalue weighted by Crippen LogP contribution is -2.42. The Morgan fingerprint density at radius 3 is 2.68 bits per heavy atom. The van der Waals surface area contributed by atoms with Gasteiger partial charge in [0.05, 0.1) is 22.2 Å². The Kier molecular flexibility index (Phi) is 4.67. The van der Waals surface area contributed by atoms with Gasteiger partial charge in [0.1, 0.15) is 0 Å². The molecular weight excluding hydrogens is 296 g/mol. The maximum Gasteiger partial charge on any atom is 0.0994 e. The molecule has 1 aliphatic heterocycles. The van der Waals surface area contributed by atoms with Crippen LogP contribution in [-0.2, 0) is 5.41 Å². The van der Waals surface area contributed by atoms with Crippen molar-refractivity contribution in [2.75, 3.05) is 20.1 Å². The Hall–Kier alpha value is -1.15. The van der Waals surface area contributed by atoms with Crippen molar-refractivity contribution >= 4 is 11.6 Å². The van der Waals surface area contributed by atoms with E-state index in [4.69, 9.17) is 11.6 Å². The molecule has 22 heavy (non-hydrogen) atoms. The topological polar surface area (TPSA) is 52.0 Å². The van der Waals surface area contributed by atoms with Crippen molar-refractivity contribution in [1.29, 1.82) is 5.26 Å². The van der Waals surface area contributed by atoms with Gasteiger partial charge in [-0.1, -0.05) is 11.6 Å². The summed E-state index contributed by atoms with van der Waals surface area (Å²) in [7, 11) is 2.04. The van der Waals surface area contributed by atoms with Crippen molar-refractivity contribution in [1.82, 2.24) is 15.2 Å². The molecule has 2 fully saturated rings. The Labute approximate surface area is 137 Å². The van der Waals surface area contributed by atoms with Gasteiger partial charge in [-0.15, -0.1) is 0 Å². The normalized spacial score (nSPS) is 32.8. The second kappa shape index (κ2) is 6.54. The molecule has 1 aromatic heterocycles. The van der Waals surface area contributed by atoms with Gasteiger partial charge in [-0.2, -0.15) is 5.26 Å². The average Bonchev–Trinajstić information content (AvgIpc) is 3.05. The largest absolute Gasteiger partial charge is 0.316 e. The van der Waals surface area contributed by atoms with Crippen LogP contribution in [0.25, 0.3) is 0 Å². The fourth-order valence-corrected chi connectivity index (χ4v) is 4.01. The molecule has 2 aliphatic rings. The zero-order chi connectivity index (χ0) is 15.6. The molecule has 1 unspecified atom stereocenters. The predicted octanol–water partition coefficient (Wildman–Crippen LogP) is 2.73. The van der Waals surface area contributed by atoms with Crippen molar-refractivity contribution < 1.29 is 0 Å². The van der Waals surface area contributed by atoms with E-state index in [1.54, 1.807) is 6.20 Å². The van der Waals surface area contributed by atoms with Gasteiger partial charge >= 0.3 is 0 Å². The summed E-state index contributed by atoms with van der Waals surface area (Å²) < 4.78 is 0. The quantitative estimate of drug-likeness (QED) is 0.931. The second-order valence-corrected chi connectivity index (χ2v) is 6.99. The Morgan fingerprint density at radius 1 is 1.36 bits per heavy atom. The lowest BCUT2D eigenvalue weighted by molar-refractivity contribution is 0.161. The van der Waals surface area contributed by atoms with Crippen molar-refractivity contribution in [2.24, 2.45) is 0 Å². The minimum atomic E-state index is -0.427. The van der Waals surface area contributed by atoms with Crippen LogP contribution in [0.5, 0.6) is 0 Å². The molecule has 1 saturated carbocycles. The highest BCUT2D eigenvalue weighted by molar-refractivity contribution is 6.30. The standard InChI is InChI=1S/C17H23ClN4/c1-20-14-6-9-22(11-14)15-4-7-17(12-19,8-5-15)16-3-2-13(18)10-21-16/h2-3,10,14-15,20H,4-9,11H2,1H3. The summed E-state index contributed by atoms with van der Waals surface area (Å²) in [5, 5.41) is 13.8. The lowest BCUT2D eigenvalue weighted by atomic mass is 9.71. The Morgan fingerprint density at radius 2 is 2.14 bits per heavy atom. The summed E-state index contributed by atoms with van der Waals surface area (Å²) in [6, 6.07) is 7.55. The number of nitrogens with one attached hydrogen (secondary N) is 1. The predicted molar refractivity (Wildman–Crippen MR) is 87.8 cm³/mol. The number of rotatable bonds is 3. The van der Waals surface area contributed by atoms with E-state index in [-0.39, 0.29) is 0 Å². The third-order valence-electron chi connectivity index (χ3n) is 5.38. The number of halogens is 1. The fraction of sp³-hybridized carbons (Fsp3) is 0.647. The van der Waals surface area contributed by atoms with Gasteiger partial charge in [-0.25, -0.2) is 0 Å². The molecule has 0 amide bonds. The Bertz CT molecular complexity index is 543. The van der Waals surface area contributed by atoms with E-state index in [0.29, 0.717) is 17.1 Å². The van der Waals surface area contributed by atoms with Crippen LogP contribution in [0.4, 0.5) is 0 Å². The van der Waals surface area contributed by atoms with Gasteiger partial charge in [0.2, 0.25) is 0 Å². The van der Waals surface area contributed by atoms with Gasteiger partial charge < -0.3 is 5.32 Å².